The summed E-state index contributed by atoms with van der Waals surface area (Å²) in [6, 6.07) is 0. The van der Waals surface area contributed by atoms with Gasteiger partial charge in [-0.3, -0.25) is 28.8 Å². The Bertz CT molecular complexity index is 552. The number of rotatable bonds is 15. The van der Waals surface area contributed by atoms with Crippen LogP contribution < -0.4 is 10.6 Å². The van der Waals surface area contributed by atoms with E-state index >= 15 is 0 Å². The molecular formula is C16H24N2O10. The van der Waals surface area contributed by atoms with Crippen LogP contribution in [0.15, 0.2) is 0 Å². The normalized spacial score (nSPS) is 12.4. The summed E-state index contributed by atoms with van der Waals surface area (Å²) >= 11 is 0. The lowest BCUT2D eigenvalue weighted by atomic mass is 10.0. The van der Waals surface area contributed by atoms with Crippen LogP contribution in [-0.2, 0) is 28.8 Å². The van der Waals surface area contributed by atoms with Crippen LogP contribution in [0.2, 0.25) is 0 Å². The number of hydrogen-bond acceptors (Lipinski definition) is 6. The number of carbonyl (C=O) groups is 6. The Kier molecular flexibility index (Phi) is 11.6. The Morgan fingerprint density at radius 2 is 0.893 bits per heavy atom. The first-order valence-corrected chi connectivity index (χ1v) is 8.45. The van der Waals surface area contributed by atoms with Crippen molar-refractivity contribution < 1.29 is 49.2 Å². The summed E-state index contributed by atoms with van der Waals surface area (Å²) in [5.41, 5.74) is 0. The van der Waals surface area contributed by atoms with Crippen LogP contribution >= 0.6 is 0 Å². The van der Waals surface area contributed by atoms with Crippen molar-refractivity contribution in [2.24, 2.45) is 11.8 Å². The van der Waals surface area contributed by atoms with E-state index in [0.717, 1.165) is 0 Å². The van der Waals surface area contributed by atoms with E-state index in [2.05, 4.69) is 10.6 Å². The number of unbranched alkanes of at least 4 members (excludes halogenated alkanes) is 1. The van der Waals surface area contributed by atoms with Crippen LogP contribution in [0.3, 0.4) is 0 Å². The number of carbonyl (C=O) groups excluding carboxylic acids is 2. The van der Waals surface area contributed by atoms with E-state index in [4.69, 9.17) is 20.4 Å². The lowest BCUT2D eigenvalue weighted by Gasteiger charge is -2.11. The van der Waals surface area contributed by atoms with Crippen LogP contribution in [0, 0.1) is 11.8 Å². The average molecular weight is 404 g/mol. The van der Waals surface area contributed by atoms with E-state index in [9.17, 15) is 28.8 Å². The van der Waals surface area contributed by atoms with Gasteiger partial charge in [0, 0.05) is 25.9 Å². The van der Waals surface area contributed by atoms with Crippen LogP contribution in [0.25, 0.3) is 0 Å². The smallest absolute Gasteiger partial charge is 0.307 e. The Morgan fingerprint density at radius 3 is 1.14 bits per heavy atom. The number of nitrogens with one attached hydrogen (secondary N) is 2. The molecule has 12 heteroatoms. The molecule has 0 fully saturated rings. The van der Waals surface area contributed by atoms with Gasteiger partial charge in [-0.15, -0.1) is 0 Å². The molecule has 6 N–H and O–H groups in total. The van der Waals surface area contributed by atoms with Gasteiger partial charge in [-0.25, -0.2) is 0 Å². The molecule has 0 rings (SSSR count). The molecule has 158 valence electrons. The van der Waals surface area contributed by atoms with Gasteiger partial charge < -0.3 is 31.1 Å². The van der Waals surface area contributed by atoms with Gasteiger partial charge in [0.1, 0.15) is 0 Å². The van der Waals surface area contributed by atoms with Gasteiger partial charge in [0.2, 0.25) is 11.8 Å². The first-order valence-electron chi connectivity index (χ1n) is 8.45. The van der Waals surface area contributed by atoms with Gasteiger partial charge in [-0.1, -0.05) is 0 Å². The molecule has 0 bridgehead atoms. The fourth-order valence-corrected chi connectivity index (χ4v) is 2.21. The highest BCUT2D eigenvalue weighted by atomic mass is 16.4. The number of aliphatic carboxylic acids is 4. The zero-order valence-electron chi connectivity index (χ0n) is 15.0. The van der Waals surface area contributed by atoms with E-state index in [1.54, 1.807) is 0 Å². The van der Waals surface area contributed by atoms with E-state index in [-0.39, 0.29) is 13.1 Å². The van der Waals surface area contributed by atoms with Crippen molar-refractivity contribution in [2.45, 2.75) is 38.5 Å². The highest BCUT2D eigenvalue weighted by Gasteiger charge is 2.24. The number of carboxylic acid groups (broad SMARTS) is 4. The molecule has 0 radical (unpaired) electrons. The van der Waals surface area contributed by atoms with E-state index in [0.29, 0.717) is 12.8 Å². The zero-order valence-corrected chi connectivity index (χ0v) is 15.0. The van der Waals surface area contributed by atoms with Crippen molar-refractivity contribution in [2.75, 3.05) is 13.1 Å². The van der Waals surface area contributed by atoms with Crippen molar-refractivity contribution >= 4 is 35.7 Å². The first kappa shape index (κ1) is 24.8. The number of carboxylic acids is 4. The monoisotopic (exact) mass is 404 g/mol. The zero-order chi connectivity index (χ0) is 21.7. The van der Waals surface area contributed by atoms with Gasteiger partial charge in [0.15, 0.2) is 0 Å². The first-order chi connectivity index (χ1) is 13.0. The van der Waals surface area contributed by atoms with Gasteiger partial charge >= 0.3 is 23.9 Å². The molecule has 0 aromatic carbocycles. The third-order valence-electron chi connectivity index (χ3n) is 3.65. The third kappa shape index (κ3) is 12.2. The lowest BCUT2D eigenvalue weighted by Crippen LogP contribution is -2.31. The fraction of sp³-hybridized carbons (Fsp3) is 0.625. The molecule has 0 aliphatic rings. The highest BCUT2D eigenvalue weighted by Crippen LogP contribution is 2.10. The molecule has 0 aliphatic carbocycles. The van der Waals surface area contributed by atoms with Gasteiger partial charge in [-0.05, 0) is 12.8 Å². The molecular weight excluding hydrogens is 380 g/mol. The number of hydrogen-bond donors (Lipinski definition) is 6. The highest BCUT2D eigenvalue weighted by molar-refractivity contribution is 5.85. The maximum Gasteiger partial charge on any atom is 0.307 e. The summed E-state index contributed by atoms with van der Waals surface area (Å²) < 4.78 is 0. The maximum absolute atomic E-state index is 11.6. The summed E-state index contributed by atoms with van der Waals surface area (Å²) in [4.78, 5) is 66.1. The van der Waals surface area contributed by atoms with Crippen molar-refractivity contribution in [1.82, 2.24) is 10.6 Å². The minimum Gasteiger partial charge on any atom is -0.481 e. The van der Waals surface area contributed by atoms with E-state index < -0.39 is 73.2 Å². The van der Waals surface area contributed by atoms with Crippen molar-refractivity contribution in [3.05, 3.63) is 0 Å². The minimum atomic E-state index is -1.37. The fourth-order valence-electron chi connectivity index (χ4n) is 2.21. The molecule has 0 saturated carbocycles. The van der Waals surface area contributed by atoms with E-state index in [1.807, 2.05) is 0 Å². The van der Waals surface area contributed by atoms with Gasteiger partial charge in [0.25, 0.3) is 0 Å². The van der Waals surface area contributed by atoms with Crippen LogP contribution in [0.5, 0.6) is 0 Å². The second kappa shape index (κ2) is 13.1. The van der Waals surface area contributed by atoms with Crippen LogP contribution in [-0.4, -0.2) is 69.2 Å². The largest absolute Gasteiger partial charge is 0.481 e. The Balaban J connectivity index is 4.01. The molecule has 2 unspecified atom stereocenters. The predicted molar refractivity (Wildman–Crippen MR) is 91.2 cm³/mol. The Hall–Kier alpha value is -3.18. The predicted octanol–water partition coefficient (Wildman–Crippen LogP) is -0.870. The molecule has 0 aromatic heterocycles. The van der Waals surface area contributed by atoms with Crippen molar-refractivity contribution in [3.63, 3.8) is 0 Å². The summed E-state index contributed by atoms with van der Waals surface area (Å²) in [5.74, 6) is -9.21. The van der Waals surface area contributed by atoms with Crippen LogP contribution in [0.4, 0.5) is 0 Å². The molecule has 12 nitrogen and oxygen atoms in total. The summed E-state index contributed by atoms with van der Waals surface area (Å²) in [6.07, 6.45) is -1.38. The molecule has 2 atom stereocenters. The number of amides is 2. The maximum atomic E-state index is 11.6. The van der Waals surface area contributed by atoms with E-state index in [1.165, 1.54) is 0 Å². The lowest BCUT2D eigenvalue weighted by molar-refractivity contribution is -0.149. The topological polar surface area (TPSA) is 207 Å². The quantitative estimate of drug-likeness (QED) is 0.186. The van der Waals surface area contributed by atoms with Gasteiger partial charge in [-0.2, -0.15) is 0 Å². The third-order valence-corrected chi connectivity index (χ3v) is 3.65. The van der Waals surface area contributed by atoms with Gasteiger partial charge in [0.05, 0.1) is 24.7 Å². The molecule has 2 amide bonds. The summed E-state index contributed by atoms with van der Waals surface area (Å²) in [5, 5.41) is 39.8. The molecule has 0 aliphatic heterocycles. The molecule has 0 saturated heterocycles. The second-order valence-electron chi connectivity index (χ2n) is 6.08. The summed E-state index contributed by atoms with van der Waals surface area (Å²) in [6.45, 7) is 0.371. The second-order valence-corrected chi connectivity index (χ2v) is 6.08. The standard InChI is InChI=1S/C16H24N2O10/c19-11(5-9(15(25)26)7-13(21)22)17-3-1-2-4-18-12(20)6-10(16(27)28)8-14(23)24/h9-10H,1-8H2,(H,17,19)(H,18,20)(H,21,22)(H,23,24)(H,25,26)(H,27,28). The average Bonchev–Trinajstić information content (AvgIpc) is 2.55. The van der Waals surface area contributed by atoms with Crippen molar-refractivity contribution in [1.29, 1.82) is 0 Å². The molecule has 28 heavy (non-hydrogen) atoms. The van der Waals surface area contributed by atoms with Crippen molar-refractivity contribution in [3.8, 4) is 0 Å². The molecule has 0 aromatic rings. The minimum absolute atomic E-state index is 0.185. The SMILES string of the molecule is O=C(O)CC(CC(=O)NCCCCNC(=O)CC(CC(=O)O)C(=O)O)C(=O)O. The molecule has 0 heterocycles. The van der Waals surface area contributed by atoms with Crippen LogP contribution in [0.1, 0.15) is 38.5 Å². The molecule has 0 spiro atoms. The summed E-state index contributed by atoms with van der Waals surface area (Å²) in [7, 11) is 0. The Morgan fingerprint density at radius 1 is 0.571 bits per heavy atom. The Labute approximate surface area is 159 Å².